The van der Waals surface area contributed by atoms with Gasteiger partial charge in [0.2, 0.25) is 0 Å². The van der Waals surface area contributed by atoms with E-state index in [4.69, 9.17) is 9.47 Å². The highest BCUT2D eigenvalue weighted by Crippen LogP contribution is 2.18. The third kappa shape index (κ3) is 4.49. The lowest BCUT2D eigenvalue weighted by Crippen LogP contribution is -2.17. The second-order valence-corrected chi connectivity index (χ2v) is 6.15. The van der Waals surface area contributed by atoms with Crippen molar-refractivity contribution >= 4 is 11.6 Å². The van der Waals surface area contributed by atoms with E-state index in [-0.39, 0.29) is 24.3 Å². The zero-order chi connectivity index (χ0) is 19.4. The molecular formula is C20H19FN2O4. The van der Waals surface area contributed by atoms with Gasteiger partial charge >= 0.3 is 5.97 Å². The van der Waals surface area contributed by atoms with Gasteiger partial charge in [0.25, 0.3) is 5.56 Å². The van der Waals surface area contributed by atoms with Crippen LogP contribution in [0.3, 0.4) is 0 Å². The van der Waals surface area contributed by atoms with E-state index in [9.17, 15) is 14.0 Å². The van der Waals surface area contributed by atoms with Gasteiger partial charge in [0.1, 0.15) is 12.3 Å². The molecule has 0 amide bonds. The fourth-order valence-electron chi connectivity index (χ4n) is 2.67. The largest absolute Gasteiger partial charge is 0.494 e. The van der Waals surface area contributed by atoms with Gasteiger partial charge in [-0.15, -0.1) is 0 Å². The first-order valence-electron chi connectivity index (χ1n) is 8.43. The molecule has 0 bridgehead atoms. The third-order valence-electron chi connectivity index (χ3n) is 4.08. The van der Waals surface area contributed by atoms with Gasteiger partial charge in [0.15, 0.2) is 11.6 Å². The zero-order valence-electron chi connectivity index (χ0n) is 15.1. The number of hydrogen-bond donors (Lipinski definition) is 0. The second-order valence-electron chi connectivity index (χ2n) is 6.15. The molecule has 7 heteroatoms. The van der Waals surface area contributed by atoms with Crippen LogP contribution in [0.2, 0.25) is 0 Å². The van der Waals surface area contributed by atoms with Crippen LogP contribution in [0.25, 0.3) is 5.65 Å². The predicted molar refractivity (Wildman–Crippen MR) is 97.3 cm³/mol. The molecule has 0 aliphatic rings. The van der Waals surface area contributed by atoms with E-state index in [1.165, 1.54) is 29.7 Å². The summed E-state index contributed by atoms with van der Waals surface area (Å²) < 4.78 is 25.1. The Hall–Kier alpha value is -3.22. The van der Waals surface area contributed by atoms with Crippen LogP contribution in [0.5, 0.6) is 5.75 Å². The van der Waals surface area contributed by atoms with Crippen LogP contribution < -0.4 is 10.3 Å². The molecule has 0 N–H and O–H groups in total. The molecule has 0 spiro atoms. The minimum Gasteiger partial charge on any atom is -0.494 e. The smallest absolute Gasteiger partial charge is 0.306 e. The number of benzene rings is 1. The van der Waals surface area contributed by atoms with Crippen LogP contribution in [0.1, 0.15) is 23.2 Å². The number of nitrogens with zero attached hydrogens (tertiary/aromatic N) is 2. The number of hydrogen-bond acceptors (Lipinski definition) is 5. The number of carbonyl (C=O) groups is 1. The van der Waals surface area contributed by atoms with Gasteiger partial charge in [-0.25, -0.2) is 9.37 Å². The Balaban J connectivity index is 1.59. The summed E-state index contributed by atoms with van der Waals surface area (Å²) in [5, 5.41) is 0. The fourth-order valence-corrected chi connectivity index (χ4v) is 2.67. The monoisotopic (exact) mass is 370 g/mol. The van der Waals surface area contributed by atoms with E-state index in [0.29, 0.717) is 23.3 Å². The third-order valence-corrected chi connectivity index (χ3v) is 4.08. The van der Waals surface area contributed by atoms with E-state index in [1.54, 1.807) is 18.3 Å². The summed E-state index contributed by atoms with van der Waals surface area (Å²) in [5.41, 5.74) is 2.26. The zero-order valence-corrected chi connectivity index (χ0v) is 15.1. The van der Waals surface area contributed by atoms with Crippen molar-refractivity contribution in [3.05, 3.63) is 75.6 Å². The number of rotatable bonds is 6. The van der Waals surface area contributed by atoms with Crippen LogP contribution in [-0.2, 0) is 22.6 Å². The van der Waals surface area contributed by atoms with E-state index < -0.39 is 11.8 Å². The van der Waals surface area contributed by atoms with Gasteiger partial charge in [-0.05, 0) is 42.7 Å². The molecule has 27 heavy (non-hydrogen) atoms. The number of aryl methyl sites for hydroxylation is 2. The molecule has 0 unspecified atom stereocenters. The van der Waals surface area contributed by atoms with Crippen molar-refractivity contribution in [3.63, 3.8) is 0 Å². The molecule has 0 atom stereocenters. The van der Waals surface area contributed by atoms with Gasteiger partial charge in [0.05, 0.1) is 12.8 Å². The van der Waals surface area contributed by atoms with E-state index in [2.05, 4.69) is 4.98 Å². The van der Waals surface area contributed by atoms with E-state index in [1.807, 2.05) is 13.0 Å². The molecule has 2 aromatic heterocycles. The molecule has 0 saturated heterocycles. The highest BCUT2D eigenvalue weighted by molar-refractivity contribution is 5.69. The molecule has 3 aromatic rings. The molecule has 0 fully saturated rings. The SMILES string of the molecule is COc1ccc(CCC(=O)OCc2cc(=O)n3cc(C)ccc3n2)cc1F. The first kappa shape index (κ1) is 18.6. The second kappa shape index (κ2) is 7.99. The van der Waals surface area contributed by atoms with Gasteiger partial charge in [-0.1, -0.05) is 12.1 Å². The fraction of sp³-hybridized carbons (Fsp3) is 0.250. The van der Waals surface area contributed by atoms with Crippen LogP contribution in [-0.4, -0.2) is 22.5 Å². The maximum atomic E-state index is 13.7. The first-order valence-corrected chi connectivity index (χ1v) is 8.43. The normalized spacial score (nSPS) is 10.8. The molecular weight excluding hydrogens is 351 g/mol. The maximum Gasteiger partial charge on any atom is 0.306 e. The number of carbonyl (C=O) groups excluding carboxylic acids is 1. The number of esters is 1. The molecule has 6 nitrogen and oxygen atoms in total. The summed E-state index contributed by atoms with van der Waals surface area (Å²) in [7, 11) is 1.39. The van der Waals surface area contributed by atoms with Crippen LogP contribution in [0.15, 0.2) is 47.4 Å². The minimum absolute atomic E-state index is 0.0879. The number of halogens is 1. The molecule has 140 valence electrons. The van der Waals surface area contributed by atoms with E-state index in [0.717, 1.165) is 5.56 Å². The Bertz CT molecular complexity index is 1050. The quantitative estimate of drug-likeness (QED) is 0.624. The average molecular weight is 370 g/mol. The number of methoxy groups -OCH3 is 1. The number of fused-ring (bicyclic) bond motifs is 1. The van der Waals surface area contributed by atoms with Gasteiger partial charge < -0.3 is 9.47 Å². The lowest BCUT2D eigenvalue weighted by molar-refractivity contribution is -0.145. The average Bonchev–Trinajstić information content (AvgIpc) is 2.65. The summed E-state index contributed by atoms with van der Waals surface area (Å²) in [6.45, 7) is 1.80. The first-order chi connectivity index (χ1) is 13.0. The lowest BCUT2D eigenvalue weighted by Gasteiger charge is -2.07. The summed E-state index contributed by atoms with van der Waals surface area (Å²) >= 11 is 0. The summed E-state index contributed by atoms with van der Waals surface area (Å²) in [4.78, 5) is 28.4. The Morgan fingerprint density at radius 3 is 2.78 bits per heavy atom. The van der Waals surface area contributed by atoms with Crippen molar-refractivity contribution in [1.29, 1.82) is 0 Å². The molecule has 1 aromatic carbocycles. The standard InChI is InChI=1S/C20H19FN2O4/c1-13-3-7-18-22-15(10-19(24)23(18)11-13)12-27-20(25)8-5-14-4-6-17(26-2)16(21)9-14/h3-4,6-7,9-11H,5,8,12H2,1-2H3. The number of ether oxygens (including phenoxy) is 2. The maximum absolute atomic E-state index is 13.7. The molecule has 0 aliphatic carbocycles. The van der Waals surface area contributed by atoms with E-state index >= 15 is 0 Å². The van der Waals surface area contributed by atoms with Gasteiger partial charge in [-0.3, -0.25) is 14.0 Å². The van der Waals surface area contributed by atoms with Crippen molar-refractivity contribution in [2.45, 2.75) is 26.4 Å². The Morgan fingerprint density at radius 1 is 1.22 bits per heavy atom. The van der Waals surface area contributed by atoms with Crippen molar-refractivity contribution in [2.75, 3.05) is 7.11 Å². The number of pyridine rings is 1. The van der Waals surface area contributed by atoms with Crippen molar-refractivity contribution < 1.29 is 18.7 Å². The molecule has 3 rings (SSSR count). The predicted octanol–water partition coefficient (Wildman–Crippen LogP) is 2.83. The summed E-state index contributed by atoms with van der Waals surface area (Å²) in [6.07, 6.45) is 2.14. The topological polar surface area (TPSA) is 69.9 Å². The lowest BCUT2D eigenvalue weighted by atomic mass is 10.1. The van der Waals surface area contributed by atoms with Crippen LogP contribution in [0.4, 0.5) is 4.39 Å². The minimum atomic E-state index is -0.473. The Morgan fingerprint density at radius 2 is 2.04 bits per heavy atom. The number of aromatic nitrogens is 2. The Kier molecular flexibility index (Phi) is 5.49. The summed E-state index contributed by atoms with van der Waals surface area (Å²) in [6, 6.07) is 9.48. The van der Waals surface area contributed by atoms with Crippen LogP contribution >= 0.6 is 0 Å². The summed E-state index contributed by atoms with van der Waals surface area (Å²) in [5.74, 6) is -0.762. The van der Waals surface area contributed by atoms with Crippen LogP contribution in [0, 0.1) is 12.7 Å². The van der Waals surface area contributed by atoms with Crippen molar-refractivity contribution in [2.24, 2.45) is 0 Å². The highest BCUT2D eigenvalue weighted by Gasteiger charge is 2.09. The van der Waals surface area contributed by atoms with Crippen molar-refractivity contribution in [1.82, 2.24) is 9.38 Å². The van der Waals surface area contributed by atoms with Gasteiger partial charge in [0, 0.05) is 18.7 Å². The Labute approximate surface area is 155 Å². The highest BCUT2D eigenvalue weighted by atomic mass is 19.1. The molecule has 0 saturated carbocycles. The molecule has 0 radical (unpaired) electrons. The molecule has 0 aliphatic heterocycles. The van der Waals surface area contributed by atoms with Crippen molar-refractivity contribution in [3.8, 4) is 5.75 Å². The molecule has 2 heterocycles. The van der Waals surface area contributed by atoms with Gasteiger partial charge in [-0.2, -0.15) is 0 Å².